The number of nitrogens with one attached hydrogen (secondary N) is 2. The largest absolute Gasteiger partial charge is 0.478 e. The number of aromatic carboxylic acids is 1. The molecule has 1 aliphatic rings. The van der Waals surface area contributed by atoms with E-state index in [9.17, 15) is 4.79 Å². The molecule has 1 aliphatic heterocycles. The molecule has 2 heterocycles. The molecule has 3 N–H and O–H groups in total. The van der Waals surface area contributed by atoms with E-state index >= 15 is 0 Å². The molecular formula is C25H30N6O2. The Balaban J connectivity index is 1.35. The molecule has 0 unspecified atom stereocenters. The number of benzene rings is 2. The van der Waals surface area contributed by atoms with Crippen molar-refractivity contribution >= 4 is 29.1 Å². The molecule has 2 aromatic carbocycles. The first-order chi connectivity index (χ1) is 16.0. The summed E-state index contributed by atoms with van der Waals surface area (Å²) in [6, 6.07) is 15.4. The van der Waals surface area contributed by atoms with Gasteiger partial charge in [0.1, 0.15) is 5.82 Å². The second-order valence-electron chi connectivity index (χ2n) is 8.37. The van der Waals surface area contributed by atoms with E-state index in [0.717, 1.165) is 48.8 Å². The predicted octanol–water partition coefficient (Wildman–Crippen LogP) is 3.63. The van der Waals surface area contributed by atoms with Crippen molar-refractivity contribution in [1.29, 1.82) is 0 Å². The van der Waals surface area contributed by atoms with Crippen LogP contribution in [-0.4, -0.2) is 65.7 Å². The highest BCUT2D eigenvalue weighted by atomic mass is 16.4. The quantitative estimate of drug-likeness (QED) is 0.483. The van der Waals surface area contributed by atoms with E-state index in [0.29, 0.717) is 24.5 Å². The highest BCUT2D eigenvalue weighted by Crippen LogP contribution is 2.22. The zero-order valence-corrected chi connectivity index (χ0v) is 19.1. The fraction of sp³-hybridized carbons (Fsp3) is 0.320. The van der Waals surface area contributed by atoms with Crippen molar-refractivity contribution in [2.45, 2.75) is 13.3 Å². The Bertz CT molecular complexity index is 1090. The molecule has 0 saturated carbocycles. The first-order valence-corrected chi connectivity index (χ1v) is 11.2. The zero-order valence-electron chi connectivity index (χ0n) is 19.1. The highest BCUT2D eigenvalue weighted by molar-refractivity contribution is 5.87. The van der Waals surface area contributed by atoms with E-state index in [-0.39, 0.29) is 0 Å². The molecular weight excluding hydrogens is 416 g/mol. The number of likely N-dealkylation sites (N-methyl/N-ethyl adjacent to an activating group) is 1. The van der Waals surface area contributed by atoms with Crippen LogP contribution in [0.15, 0.2) is 54.7 Å². The Morgan fingerprint density at radius 1 is 1.09 bits per heavy atom. The summed E-state index contributed by atoms with van der Waals surface area (Å²) in [6.45, 7) is 6.85. The Labute approximate surface area is 194 Å². The molecule has 1 fully saturated rings. The lowest BCUT2D eigenvalue weighted by Gasteiger charge is -2.34. The van der Waals surface area contributed by atoms with Crippen molar-refractivity contribution in [2.24, 2.45) is 0 Å². The van der Waals surface area contributed by atoms with E-state index in [1.54, 1.807) is 24.4 Å². The van der Waals surface area contributed by atoms with Gasteiger partial charge in [0.15, 0.2) is 0 Å². The van der Waals surface area contributed by atoms with Gasteiger partial charge in [0, 0.05) is 55.9 Å². The number of carboxylic acids is 1. The van der Waals surface area contributed by atoms with Crippen LogP contribution in [0.5, 0.6) is 0 Å². The van der Waals surface area contributed by atoms with Crippen LogP contribution in [0.1, 0.15) is 21.5 Å². The topological polar surface area (TPSA) is 93.6 Å². The van der Waals surface area contributed by atoms with Gasteiger partial charge in [-0.3, -0.25) is 0 Å². The number of aryl methyl sites for hydroxylation is 1. The van der Waals surface area contributed by atoms with Gasteiger partial charge in [-0.15, -0.1) is 0 Å². The number of aromatic nitrogens is 2. The average molecular weight is 447 g/mol. The molecule has 8 heteroatoms. The number of nitrogens with zero attached hydrogens (tertiary/aromatic N) is 4. The molecule has 33 heavy (non-hydrogen) atoms. The summed E-state index contributed by atoms with van der Waals surface area (Å²) in [5.41, 5.74) is 4.38. The Morgan fingerprint density at radius 3 is 2.58 bits per heavy atom. The van der Waals surface area contributed by atoms with E-state index < -0.39 is 5.97 Å². The summed E-state index contributed by atoms with van der Waals surface area (Å²) in [4.78, 5) is 24.9. The third kappa shape index (κ3) is 5.98. The molecule has 8 nitrogen and oxygen atoms in total. The minimum Gasteiger partial charge on any atom is -0.478 e. The van der Waals surface area contributed by atoms with E-state index in [1.165, 1.54) is 5.69 Å². The number of piperazine rings is 1. The van der Waals surface area contributed by atoms with Gasteiger partial charge in [0.05, 0.1) is 5.56 Å². The van der Waals surface area contributed by atoms with Gasteiger partial charge in [-0.1, -0.05) is 12.1 Å². The number of carboxylic acid groups (broad SMARTS) is 1. The maximum atomic E-state index is 11.1. The molecule has 4 rings (SSSR count). The molecule has 1 aromatic heterocycles. The molecule has 0 spiro atoms. The van der Waals surface area contributed by atoms with Crippen molar-refractivity contribution in [1.82, 2.24) is 14.9 Å². The monoisotopic (exact) mass is 446 g/mol. The maximum absolute atomic E-state index is 11.1. The zero-order chi connectivity index (χ0) is 23.2. The lowest BCUT2D eigenvalue weighted by atomic mass is 10.1. The first kappa shape index (κ1) is 22.5. The van der Waals surface area contributed by atoms with Crippen LogP contribution in [-0.2, 0) is 6.42 Å². The number of anilines is 4. The average Bonchev–Trinajstić information content (AvgIpc) is 2.82. The van der Waals surface area contributed by atoms with Crippen LogP contribution in [0, 0.1) is 6.92 Å². The molecule has 3 aromatic rings. The molecule has 0 amide bonds. The van der Waals surface area contributed by atoms with Crippen molar-refractivity contribution in [2.75, 3.05) is 55.3 Å². The van der Waals surface area contributed by atoms with Gasteiger partial charge in [-0.25, -0.2) is 9.78 Å². The van der Waals surface area contributed by atoms with Gasteiger partial charge >= 0.3 is 5.97 Å². The first-order valence-electron chi connectivity index (χ1n) is 11.2. The summed E-state index contributed by atoms with van der Waals surface area (Å²) in [7, 11) is 2.16. The van der Waals surface area contributed by atoms with Crippen molar-refractivity contribution < 1.29 is 9.90 Å². The number of hydrogen-bond acceptors (Lipinski definition) is 7. The van der Waals surface area contributed by atoms with Crippen LogP contribution >= 0.6 is 0 Å². The molecule has 0 aliphatic carbocycles. The number of hydrogen-bond donors (Lipinski definition) is 3. The molecule has 172 valence electrons. The minimum absolute atomic E-state index is 0.302. The van der Waals surface area contributed by atoms with Gasteiger partial charge in [-0.2, -0.15) is 4.98 Å². The summed E-state index contributed by atoms with van der Waals surface area (Å²) in [6.07, 6.45) is 2.49. The molecule has 0 bridgehead atoms. The predicted molar refractivity (Wildman–Crippen MR) is 132 cm³/mol. The van der Waals surface area contributed by atoms with Crippen LogP contribution in [0.4, 0.5) is 23.1 Å². The summed E-state index contributed by atoms with van der Waals surface area (Å²) < 4.78 is 0. The van der Waals surface area contributed by atoms with Crippen LogP contribution in [0.2, 0.25) is 0 Å². The minimum atomic E-state index is -0.913. The molecule has 0 atom stereocenters. The van der Waals surface area contributed by atoms with Crippen LogP contribution in [0.3, 0.4) is 0 Å². The molecule has 1 saturated heterocycles. The fourth-order valence-corrected chi connectivity index (χ4v) is 3.82. The summed E-state index contributed by atoms with van der Waals surface area (Å²) >= 11 is 0. The van der Waals surface area contributed by atoms with Crippen LogP contribution in [0.25, 0.3) is 0 Å². The highest BCUT2D eigenvalue weighted by Gasteiger charge is 2.14. The number of carbonyl (C=O) groups is 1. The Morgan fingerprint density at radius 2 is 1.85 bits per heavy atom. The van der Waals surface area contributed by atoms with Gasteiger partial charge in [0.2, 0.25) is 5.95 Å². The number of rotatable bonds is 8. The van der Waals surface area contributed by atoms with E-state index in [2.05, 4.69) is 61.7 Å². The van der Waals surface area contributed by atoms with Gasteiger partial charge < -0.3 is 25.5 Å². The lowest BCUT2D eigenvalue weighted by molar-refractivity contribution is 0.0696. The normalized spacial score (nSPS) is 14.2. The third-order valence-electron chi connectivity index (χ3n) is 5.84. The van der Waals surface area contributed by atoms with Gasteiger partial charge in [0.25, 0.3) is 0 Å². The van der Waals surface area contributed by atoms with Crippen molar-refractivity contribution in [3.63, 3.8) is 0 Å². The maximum Gasteiger partial charge on any atom is 0.335 e. The van der Waals surface area contributed by atoms with E-state index in [4.69, 9.17) is 5.11 Å². The fourth-order valence-electron chi connectivity index (χ4n) is 3.82. The van der Waals surface area contributed by atoms with Gasteiger partial charge in [-0.05, 0) is 62.4 Å². The molecule has 0 radical (unpaired) electrons. The lowest BCUT2D eigenvalue weighted by Crippen LogP contribution is -2.44. The SMILES string of the molecule is Cc1cnc(Nc2ccc(N3CCN(C)CC3)cc2)nc1NCCc1cccc(C(=O)O)c1. The summed E-state index contributed by atoms with van der Waals surface area (Å²) in [5, 5.41) is 15.8. The van der Waals surface area contributed by atoms with Crippen molar-refractivity contribution in [3.05, 3.63) is 71.4 Å². The Kier molecular flexibility index (Phi) is 7.04. The Hall–Kier alpha value is -3.65. The van der Waals surface area contributed by atoms with Crippen molar-refractivity contribution in [3.8, 4) is 0 Å². The third-order valence-corrected chi connectivity index (χ3v) is 5.84. The second kappa shape index (κ2) is 10.3. The standard InChI is InChI=1S/C25H30N6O2/c1-18-17-27-25(28-21-6-8-22(9-7-21)31-14-12-30(2)13-15-31)29-23(18)26-11-10-19-4-3-5-20(16-19)24(32)33/h3-9,16-17H,10-15H2,1-2H3,(H,32,33)(H2,26,27,28,29). The summed E-state index contributed by atoms with van der Waals surface area (Å²) in [5.74, 6) is 0.378. The van der Waals surface area contributed by atoms with E-state index in [1.807, 2.05) is 13.0 Å². The second-order valence-corrected chi connectivity index (χ2v) is 8.37. The smallest absolute Gasteiger partial charge is 0.335 e. The van der Waals surface area contributed by atoms with Crippen LogP contribution < -0.4 is 15.5 Å².